The SMILES string of the molecule is CCCCCOCC(=O)c1cccc([N+](=O)[O-])c1. The predicted octanol–water partition coefficient (Wildman–Crippen LogP) is 2.98. The third-order valence-corrected chi connectivity index (χ3v) is 2.50. The highest BCUT2D eigenvalue weighted by atomic mass is 16.6. The first kappa shape index (κ1) is 14.3. The van der Waals surface area contributed by atoms with Gasteiger partial charge in [-0.3, -0.25) is 14.9 Å². The molecule has 0 radical (unpaired) electrons. The lowest BCUT2D eigenvalue weighted by Crippen LogP contribution is -2.10. The van der Waals surface area contributed by atoms with Gasteiger partial charge in [0.2, 0.25) is 0 Å². The molecule has 0 amide bonds. The summed E-state index contributed by atoms with van der Waals surface area (Å²) in [6, 6.07) is 5.70. The molecule has 0 N–H and O–H groups in total. The van der Waals surface area contributed by atoms with Gasteiger partial charge in [-0.1, -0.05) is 31.9 Å². The zero-order chi connectivity index (χ0) is 13.4. The number of nitro benzene ring substituents is 1. The maximum atomic E-state index is 11.7. The van der Waals surface area contributed by atoms with Crippen molar-refractivity contribution in [3.63, 3.8) is 0 Å². The molecule has 1 rings (SSSR count). The van der Waals surface area contributed by atoms with Crippen molar-refractivity contribution in [2.24, 2.45) is 0 Å². The van der Waals surface area contributed by atoms with Gasteiger partial charge < -0.3 is 4.74 Å². The van der Waals surface area contributed by atoms with Crippen LogP contribution in [0.3, 0.4) is 0 Å². The Morgan fingerprint density at radius 2 is 2.17 bits per heavy atom. The van der Waals surface area contributed by atoms with Gasteiger partial charge in [0.05, 0.1) is 4.92 Å². The van der Waals surface area contributed by atoms with Crippen LogP contribution in [0.2, 0.25) is 0 Å². The molecular weight excluding hydrogens is 234 g/mol. The van der Waals surface area contributed by atoms with Crippen molar-refractivity contribution in [2.75, 3.05) is 13.2 Å². The number of ketones is 1. The summed E-state index contributed by atoms with van der Waals surface area (Å²) < 4.78 is 5.23. The van der Waals surface area contributed by atoms with E-state index in [1.807, 2.05) is 0 Å². The predicted molar refractivity (Wildman–Crippen MR) is 67.8 cm³/mol. The van der Waals surface area contributed by atoms with Crippen LogP contribution in [-0.2, 0) is 4.74 Å². The van der Waals surface area contributed by atoms with E-state index in [-0.39, 0.29) is 18.1 Å². The average molecular weight is 251 g/mol. The molecule has 0 saturated heterocycles. The van der Waals surface area contributed by atoms with E-state index >= 15 is 0 Å². The van der Waals surface area contributed by atoms with Gasteiger partial charge in [0.1, 0.15) is 6.61 Å². The van der Waals surface area contributed by atoms with Crippen molar-refractivity contribution in [1.82, 2.24) is 0 Å². The monoisotopic (exact) mass is 251 g/mol. The molecule has 0 atom stereocenters. The van der Waals surface area contributed by atoms with E-state index in [1.54, 1.807) is 6.07 Å². The number of rotatable bonds is 8. The van der Waals surface area contributed by atoms with Gasteiger partial charge in [0, 0.05) is 24.3 Å². The molecule has 0 fully saturated rings. The minimum absolute atomic E-state index is 0.0229. The Morgan fingerprint density at radius 1 is 1.39 bits per heavy atom. The third-order valence-electron chi connectivity index (χ3n) is 2.50. The second kappa shape index (κ2) is 7.55. The second-order valence-corrected chi connectivity index (χ2v) is 3.99. The van der Waals surface area contributed by atoms with E-state index in [2.05, 4.69) is 6.92 Å². The molecule has 0 saturated carbocycles. The highest BCUT2D eigenvalue weighted by Crippen LogP contribution is 2.13. The van der Waals surface area contributed by atoms with Gasteiger partial charge in [0.25, 0.3) is 5.69 Å². The summed E-state index contributed by atoms with van der Waals surface area (Å²) in [7, 11) is 0. The van der Waals surface area contributed by atoms with Gasteiger partial charge >= 0.3 is 0 Å². The molecule has 1 aromatic rings. The van der Waals surface area contributed by atoms with Crippen LogP contribution in [0.25, 0.3) is 0 Å². The molecule has 0 heterocycles. The molecule has 0 aliphatic carbocycles. The number of hydrogen-bond donors (Lipinski definition) is 0. The Morgan fingerprint density at radius 3 is 2.83 bits per heavy atom. The van der Waals surface area contributed by atoms with Gasteiger partial charge in [-0.15, -0.1) is 0 Å². The van der Waals surface area contributed by atoms with E-state index in [1.165, 1.54) is 18.2 Å². The molecule has 98 valence electrons. The summed E-state index contributed by atoms with van der Waals surface area (Å²) in [5, 5.41) is 10.6. The standard InChI is InChI=1S/C13H17NO4/c1-2-3-4-8-18-10-13(15)11-6-5-7-12(9-11)14(16)17/h5-7,9H,2-4,8,10H2,1H3. The molecule has 0 bridgehead atoms. The molecule has 0 spiro atoms. The van der Waals surface area contributed by atoms with Gasteiger partial charge in [-0.25, -0.2) is 0 Å². The summed E-state index contributed by atoms with van der Waals surface area (Å²) in [6.07, 6.45) is 3.10. The Labute approximate surface area is 106 Å². The zero-order valence-electron chi connectivity index (χ0n) is 10.4. The van der Waals surface area contributed by atoms with Crippen LogP contribution in [-0.4, -0.2) is 23.9 Å². The Bertz CT molecular complexity index is 417. The number of Topliss-reactive ketones (excluding diaryl/α,β-unsaturated/α-hetero) is 1. The largest absolute Gasteiger partial charge is 0.373 e. The molecule has 0 unspecified atom stereocenters. The number of ether oxygens (including phenoxy) is 1. The fraction of sp³-hybridized carbons (Fsp3) is 0.462. The number of nitro groups is 1. The number of hydrogen-bond acceptors (Lipinski definition) is 4. The van der Waals surface area contributed by atoms with Crippen LogP contribution < -0.4 is 0 Å². The number of unbranched alkanes of at least 4 members (excludes halogenated alkanes) is 2. The van der Waals surface area contributed by atoms with Crippen molar-refractivity contribution >= 4 is 11.5 Å². The van der Waals surface area contributed by atoms with Crippen molar-refractivity contribution in [1.29, 1.82) is 0 Å². The van der Waals surface area contributed by atoms with Crippen LogP contribution in [0, 0.1) is 10.1 Å². The molecule has 18 heavy (non-hydrogen) atoms. The maximum Gasteiger partial charge on any atom is 0.270 e. The molecular formula is C13H17NO4. The second-order valence-electron chi connectivity index (χ2n) is 3.99. The highest BCUT2D eigenvalue weighted by Gasteiger charge is 2.11. The lowest BCUT2D eigenvalue weighted by molar-refractivity contribution is -0.384. The van der Waals surface area contributed by atoms with Gasteiger partial charge in [0.15, 0.2) is 5.78 Å². The van der Waals surface area contributed by atoms with Gasteiger partial charge in [-0.05, 0) is 6.42 Å². The van der Waals surface area contributed by atoms with Crippen LogP contribution in [0.4, 0.5) is 5.69 Å². The quantitative estimate of drug-likeness (QED) is 0.308. The highest BCUT2D eigenvalue weighted by molar-refractivity contribution is 5.97. The Kier molecular flexibility index (Phi) is 6.00. The first-order chi connectivity index (χ1) is 8.65. The molecule has 5 nitrogen and oxygen atoms in total. The number of non-ortho nitro benzene ring substituents is 1. The molecule has 0 aromatic heterocycles. The zero-order valence-corrected chi connectivity index (χ0v) is 10.4. The molecule has 5 heteroatoms. The van der Waals surface area contributed by atoms with E-state index in [4.69, 9.17) is 4.74 Å². The summed E-state index contributed by atoms with van der Waals surface area (Å²) >= 11 is 0. The fourth-order valence-electron chi connectivity index (χ4n) is 1.50. The fourth-order valence-corrected chi connectivity index (χ4v) is 1.50. The van der Waals surface area contributed by atoms with E-state index < -0.39 is 4.92 Å². The van der Waals surface area contributed by atoms with Crippen molar-refractivity contribution < 1.29 is 14.5 Å². The van der Waals surface area contributed by atoms with Crippen molar-refractivity contribution in [2.45, 2.75) is 26.2 Å². The van der Waals surface area contributed by atoms with Crippen LogP contribution in [0.15, 0.2) is 24.3 Å². The lowest BCUT2D eigenvalue weighted by atomic mass is 10.1. The summed E-state index contributed by atoms with van der Waals surface area (Å²) in [4.78, 5) is 21.8. The minimum Gasteiger partial charge on any atom is -0.373 e. The number of carbonyl (C=O) groups excluding carboxylic acids is 1. The topological polar surface area (TPSA) is 69.4 Å². The normalized spacial score (nSPS) is 10.3. The minimum atomic E-state index is -0.515. The van der Waals surface area contributed by atoms with E-state index in [0.29, 0.717) is 12.2 Å². The average Bonchev–Trinajstić information content (AvgIpc) is 2.38. The summed E-state index contributed by atoms with van der Waals surface area (Å²) in [6.45, 7) is 2.62. The molecule has 0 aliphatic heterocycles. The van der Waals surface area contributed by atoms with E-state index in [0.717, 1.165) is 19.3 Å². The van der Waals surface area contributed by atoms with Crippen molar-refractivity contribution in [3.05, 3.63) is 39.9 Å². The molecule has 1 aromatic carbocycles. The maximum absolute atomic E-state index is 11.7. The Balaban J connectivity index is 2.46. The number of carbonyl (C=O) groups is 1. The smallest absolute Gasteiger partial charge is 0.270 e. The van der Waals surface area contributed by atoms with E-state index in [9.17, 15) is 14.9 Å². The first-order valence-electron chi connectivity index (χ1n) is 6.00. The summed E-state index contributed by atoms with van der Waals surface area (Å²) in [5.41, 5.74) is 0.242. The van der Waals surface area contributed by atoms with Crippen LogP contribution >= 0.6 is 0 Å². The van der Waals surface area contributed by atoms with Crippen LogP contribution in [0.5, 0.6) is 0 Å². The lowest BCUT2D eigenvalue weighted by Gasteiger charge is -2.03. The third kappa shape index (κ3) is 4.63. The number of nitrogens with zero attached hydrogens (tertiary/aromatic N) is 1. The number of benzene rings is 1. The van der Waals surface area contributed by atoms with Crippen LogP contribution in [0.1, 0.15) is 36.5 Å². The molecule has 0 aliphatic rings. The Hall–Kier alpha value is -1.75. The van der Waals surface area contributed by atoms with Crippen molar-refractivity contribution in [3.8, 4) is 0 Å². The first-order valence-corrected chi connectivity index (χ1v) is 6.00. The van der Waals surface area contributed by atoms with Gasteiger partial charge in [-0.2, -0.15) is 0 Å². The summed E-state index contributed by atoms with van der Waals surface area (Å²) in [5.74, 6) is -0.227.